The minimum Gasteiger partial charge on any atom is -0.496 e. The molecule has 31 heavy (non-hydrogen) atoms. The second-order valence-electron chi connectivity index (χ2n) is 7.05. The van der Waals surface area contributed by atoms with Crippen LogP contribution in [0.2, 0.25) is 5.02 Å². The Morgan fingerprint density at radius 1 is 1.35 bits per heavy atom. The van der Waals surface area contributed by atoms with Gasteiger partial charge in [-0.1, -0.05) is 11.6 Å². The highest BCUT2D eigenvalue weighted by atomic mass is 35.5. The lowest BCUT2D eigenvalue weighted by Gasteiger charge is -2.38. The number of pyridine rings is 1. The van der Waals surface area contributed by atoms with Crippen molar-refractivity contribution in [3.05, 3.63) is 47.2 Å². The zero-order valence-electron chi connectivity index (χ0n) is 17.6. The number of rotatable bonds is 8. The number of amides is 1. The maximum absolute atomic E-state index is 12.9. The summed E-state index contributed by atoms with van der Waals surface area (Å²) >= 11 is 7.91. The number of nitrogen functional groups attached to an aromatic ring is 1. The van der Waals surface area contributed by atoms with E-state index in [4.69, 9.17) is 26.8 Å². The summed E-state index contributed by atoms with van der Waals surface area (Å²) in [5.74, 6) is 1.13. The van der Waals surface area contributed by atoms with Crippen molar-refractivity contribution in [3.8, 4) is 5.75 Å². The van der Waals surface area contributed by atoms with E-state index >= 15 is 0 Å². The molecule has 1 aromatic heterocycles. The van der Waals surface area contributed by atoms with Crippen molar-refractivity contribution in [2.75, 3.05) is 45.3 Å². The molecule has 0 aliphatic carbocycles. The van der Waals surface area contributed by atoms with Crippen molar-refractivity contribution in [3.63, 3.8) is 0 Å². The van der Waals surface area contributed by atoms with Gasteiger partial charge in [0.1, 0.15) is 5.75 Å². The number of methoxy groups -OCH3 is 2. The van der Waals surface area contributed by atoms with E-state index in [1.807, 2.05) is 23.9 Å². The first-order valence-electron chi connectivity index (χ1n) is 9.73. The van der Waals surface area contributed by atoms with Gasteiger partial charge < -0.3 is 26.0 Å². The second kappa shape index (κ2) is 12.1. The lowest BCUT2D eigenvalue weighted by atomic mass is 10.0. The number of hydrogen-bond acceptors (Lipinski definition) is 7. The van der Waals surface area contributed by atoms with Crippen molar-refractivity contribution in [2.45, 2.75) is 23.5 Å². The molecule has 0 bridgehead atoms. The van der Waals surface area contributed by atoms with E-state index in [9.17, 15) is 4.79 Å². The van der Waals surface area contributed by atoms with Gasteiger partial charge in [0.05, 0.1) is 35.5 Å². The zero-order valence-corrected chi connectivity index (χ0v) is 19.2. The number of carbonyl (C=O) groups excluding carboxylic acids is 1. The van der Waals surface area contributed by atoms with Gasteiger partial charge in [-0.25, -0.2) is 0 Å². The molecule has 0 spiro atoms. The van der Waals surface area contributed by atoms with Crippen LogP contribution in [0, 0.1) is 0 Å². The highest BCUT2D eigenvalue weighted by Gasteiger charge is 2.31. The number of likely N-dealkylation sites (tertiary alicyclic amines) is 1. The molecule has 0 saturated carbocycles. The van der Waals surface area contributed by atoms with Crippen LogP contribution in [0.15, 0.2) is 41.6 Å². The molecular weight excluding hydrogens is 440 g/mol. The molecule has 2 aromatic rings. The Balaban J connectivity index is 0.00000341. The summed E-state index contributed by atoms with van der Waals surface area (Å²) in [5, 5.41) is 3.40. The van der Waals surface area contributed by atoms with Crippen LogP contribution in [-0.4, -0.2) is 73.0 Å². The van der Waals surface area contributed by atoms with Crippen molar-refractivity contribution < 1.29 is 19.7 Å². The number of nitrogens with zero attached hydrogens (tertiary/aromatic N) is 2. The first kappa shape index (κ1) is 25.2. The van der Waals surface area contributed by atoms with Crippen LogP contribution in [0.1, 0.15) is 16.8 Å². The summed E-state index contributed by atoms with van der Waals surface area (Å²) in [6.45, 7) is 2.61. The van der Waals surface area contributed by atoms with E-state index in [1.165, 1.54) is 12.0 Å². The first-order chi connectivity index (χ1) is 14.5. The Morgan fingerprint density at radius 3 is 2.77 bits per heavy atom. The highest BCUT2D eigenvalue weighted by molar-refractivity contribution is 7.99. The molecule has 1 fully saturated rings. The molecule has 1 aliphatic heterocycles. The molecule has 2 atom stereocenters. The molecule has 1 amide bonds. The van der Waals surface area contributed by atoms with Crippen molar-refractivity contribution in [1.29, 1.82) is 0 Å². The molecule has 1 aliphatic rings. The number of piperidine rings is 1. The SMILES string of the molecule is COc1cc(N)c(Cl)cc1C(=O)N[C@@H]1CCN(CCSc2ccncc2)C[C@@H]1OC.O. The van der Waals surface area contributed by atoms with E-state index in [1.54, 1.807) is 31.6 Å². The number of ether oxygens (including phenoxy) is 2. The monoisotopic (exact) mass is 468 g/mol. The summed E-state index contributed by atoms with van der Waals surface area (Å²) < 4.78 is 11.0. The quantitative estimate of drug-likeness (QED) is 0.449. The Bertz CT molecular complexity index is 859. The molecule has 8 nitrogen and oxygen atoms in total. The van der Waals surface area contributed by atoms with Gasteiger partial charge >= 0.3 is 0 Å². The minimum atomic E-state index is -0.248. The van der Waals surface area contributed by atoms with Crippen molar-refractivity contribution in [1.82, 2.24) is 15.2 Å². The molecule has 0 unspecified atom stereocenters. The molecule has 10 heteroatoms. The Labute approximate surface area is 191 Å². The average molecular weight is 469 g/mol. The number of aromatic nitrogens is 1. The van der Waals surface area contributed by atoms with Gasteiger partial charge in [-0.15, -0.1) is 11.8 Å². The van der Waals surface area contributed by atoms with Crippen LogP contribution < -0.4 is 15.8 Å². The fraction of sp³-hybridized carbons (Fsp3) is 0.429. The molecule has 3 rings (SSSR count). The number of halogens is 1. The number of anilines is 1. The standard InChI is InChI=1S/C21H27ClN4O3S.H2O/c1-28-19-12-17(23)16(22)11-15(19)21(27)25-18-5-8-26(13-20(18)29-2)9-10-30-14-3-6-24-7-4-14;/h3-4,6-7,11-12,18,20H,5,8-10,13,23H2,1-2H3,(H,25,27);1H2/t18-,20+;/m1./s1. The number of nitrogens with one attached hydrogen (secondary N) is 1. The molecule has 170 valence electrons. The maximum atomic E-state index is 12.9. The summed E-state index contributed by atoms with van der Waals surface area (Å²) in [6.07, 6.45) is 4.32. The lowest BCUT2D eigenvalue weighted by molar-refractivity contribution is 0.00834. The minimum absolute atomic E-state index is 0. The summed E-state index contributed by atoms with van der Waals surface area (Å²) in [4.78, 5) is 20.5. The third-order valence-corrected chi connectivity index (χ3v) is 6.47. The molecule has 2 heterocycles. The number of carbonyl (C=O) groups is 1. The third-order valence-electron chi connectivity index (χ3n) is 5.15. The maximum Gasteiger partial charge on any atom is 0.255 e. The molecule has 1 aromatic carbocycles. The van der Waals surface area contributed by atoms with Gasteiger partial charge in [-0.05, 0) is 24.6 Å². The van der Waals surface area contributed by atoms with E-state index in [2.05, 4.69) is 15.2 Å². The Kier molecular flexibility index (Phi) is 9.86. The van der Waals surface area contributed by atoms with Crippen LogP contribution >= 0.6 is 23.4 Å². The molecule has 0 radical (unpaired) electrons. The van der Waals surface area contributed by atoms with Crippen LogP contribution in [-0.2, 0) is 4.74 Å². The van der Waals surface area contributed by atoms with Gasteiger partial charge in [0.15, 0.2) is 0 Å². The average Bonchev–Trinajstić information content (AvgIpc) is 2.76. The smallest absolute Gasteiger partial charge is 0.255 e. The summed E-state index contributed by atoms with van der Waals surface area (Å²) in [6, 6.07) is 7.05. The van der Waals surface area contributed by atoms with Crippen LogP contribution in [0.4, 0.5) is 5.69 Å². The molecular formula is C21H29ClN4O4S. The zero-order chi connectivity index (χ0) is 21.5. The fourth-order valence-electron chi connectivity index (χ4n) is 3.48. The predicted octanol–water partition coefficient (Wildman–Crippen LogP) is 2.11. The lowest BCUT2D eigenvalue weighted by Crippen LogP contribution is -2.55. The van der Waals surface area contributed by atoms with Gasteiger partial charge in [0, 0.05) is 55.9 Å². The van der Waals surface area contributed by atoms with Crippen molar-refractivity contribution >= 4 is 35.0 Å². The van der Waals surface area contributed by atoms with E-state index in [-0.39, 0.29) is 23.5 Å². The summed E-state index contributed by atoms with van der Waals surface area (Å²) in [7, 11) is 3.18. The van der Waals surface area contributed by atoms with Gasteiger partial charge in [0.2, 0.25) is 0 Å². The molecule has 1 saturated heterocycles. The largest absolute Gasteiger partial charge is 0.496 e. The number of thioether (sulfide) groups is 1. The number of nitrogens with two attached hydrogens (primary N) is 1. The van der Waals surface area contributed by atoms with Crippen molar-refractivity contribution in [2.24, 2.45) is 0 Å². The van der Waals surface area contributed by atoms with Gasteiger partial charge in [-0.2, -0.15) is 0 Å². The highest BCUT2D eigenvalue weighted by Crippen LogP contribution is 2.29. The van der Waals surface area contributed by atoms with Crippen LogP contribution in [0.5, 0.6) is 5.75 Å². The van der Waals surface area contributed by atoms with E-state index in [0.29, 0.717) is 22.0 Å². The summed E-state index contributed by atoms with van der Waals surface area (Å²) in [5.41, 5.74) is 6.55. The topological polar surface area (TPSA) is 121 Å². The predicted molar refractivity (Wildman–Crippen MR) is 124 cm³/mol. The normalized spacial score (nSPS) is 18.8. The second-order valence-corrected chi connectivity index (χ2v) is 8.62. The Hall–Kier alpha value is -2.04. The fourth-order valence-corrected chi connectivity index (χ4v) is 4.54. The number of hydrogen-bond donors (Lipinski definition) is 2. The first-order valence-corrected chi connectivity index (χ1v) is 11.1. The van der Waals surface area contributed by atoms with E-state index in [0.717, 1.165) is 31.8 Å². The third kappa shape index (κ3) is 6.72. The Morgan fingerprint density at radius 2 is 2.10 bits per heavy atom. The van der Waals surface area contributed by atoms with E-state index < -0.39 is 0 Å². The van der Waals surface area contributed by atoms with Gasteiger partial charge in [-0.3, -0.25) is 14.7 Å². The van der Waals surface area contributed by atoms with Crippen LogP contribution in [0.25, 0.3) is 0 Å². The number of benzene rings is 1. The van der Waals surface area contributed by atoms with Gasteiger partial charge in [0.25, 0.3) is 5.91 Å². The molecule has 5 N–H and O–H groups in total. The van der Waals surface area contributed by atoms with Crippen LogP contribution in [0.3, 0.4) is 0 Å².